The van der Waals surface area contributed by atoms with E-state index in [-0.39, 0.29) is 26.1 Å². The Morgan fingerprint density at radius 3 is 1.17 bits per heavy atom. The van der Waals surface area contributed by atoms with E-state index in [9.17, 15) is 19.0 Å². The van der Waals surface area contributed by atoms with Crippen molar-refractivity contribution in [2.75, 3.05) is 47.5 Å². The average Bonchev–Trinajstić information content (AvgIpc) is 3.27. The fraction of sp³-hybridized carbons (Fsp3) is 0.893. The number of phosphoric ester groups is 1. The fourth-order valence-corrected chi connectivity index (χ4v) is 8.82. The van der Waals surface area contributed by atoms with Crippen molar-refractivity contribution in [2.45, 2.75) is 277 Å². The maximum absolute atomic E-state index is 12.8. The molecule has 0 aromatic heterocycles. The van der Waals surface area contributed by atoms with Crippen LogP contribution in [0.2, 0.25) is 0 Å². The van der Waals surface area contributed by atoms with Gasteiger partial charge in [0.15, 0.2) is 6.10 Å². The highest BCUT2D eigenvalue weighted by Gasteiger charge is 2.27. The third-order valence-electron chi connectivity index (χ3n) is 12.5. The van der Waals surface area contributed by atoms with Crippen molar-refractivity contribution >= 4 is 19.8 Å². The highest BCUT2D eigenvalue weighted by Crippen LogP contribution is 2.43. The Bertz CT molecular complexity index is 1170. The van der Waals surface area contributed by atoms with Crippen molar-refractivity contribution < 1.29 is 42.1 Å². The molecule has 0 aliphatic carbocycles. The van der Waals surface area contributed by atoms with Crippen LogP contribution >= 0.6 is 7.82 Å². The number of phosphoric acid groups is 1. The summed E-state index contributed by atoms with van der Waals surface area (Å²) >= 11 is 0. The molecule has 0 fully saturated rings. The van der Waals surface area contributed by atoms with Gasteiger partial charge in [-0.25, -0.2) is 4.57 Å². The summed E-state index contributed by atoms with van der Waals surface area (Å²) < 4.78 is 34.5. The first-order valence-corrected chi connectivity index (χ1v) is 29.6. The van der Waals surface area contributed by atoms with Crippen LogP contribution in [0, 0.1) is 0 Å². The van der Waals surface area contributed by atoms with Gasteiger partial charge in [0.25, 0.3) is 0 Å². The number of ether oxygens (including phenoxy) is 2. The van der Waals surface area contributed by atoms with Crippen LogP contribution in [0.5, 0.6) is 0 Å². The van der Waals surface area contributed by atoms with E-state index in [1.165, 1.54) is 199 Å². The SMILES string of the molecule is CCCCCCCC/C=C/CCCCCCCCCCCC(=O)O[C@H](COC(=O)CCC/C=C/CCCCCCCCCCCCCCCCCCCC)COP(=O)(O)OCC[N+](C)(C)C. The van der Waals surface area contributed by atoms with Gasteiger partial charge in [-0.05, 0) is 57.8 Å². The molecule has 9 nitrogen and oxygen atoms in total. The smallest absolute Gasteiger partial charge is 0.462 e. The molecular formula is C56H109NO8P+. The lowest BCUT2D eigenvalue weighted by molar-refractivity contribution is -0.870. The molecule has 0 aromatic carbocycles. The molecule has 0 radical (unpaired) electrons. The van der Waals surface area contributed by atoms with Crippen LogP contribution in [0.3, 0.4) is 0 Å². The molecule has 0 aliphatic heterocycles. The van der Waals surface area contributed by atoms with Gasteiger partial charge in [-0.1, -0.05) is 224 Å². The number of rotatable bonds is 52. The summed E-state index contributed by atoms with van der Waals surface area (Å²) in [4.78, 5) is 35.6. The van der Waals surface area contributed by atoms with Crippen LogP contribution in [-0.4, -0.2) is 74.9 Å². The minimum absolute atomic E-state index is 0.0295. The summed E-state index contributed by atoms with van der Waals surface area (Å²) in [7, 11) is 1.47. The van der Waals surface area contributed by atoms with Crippen LogP contribution in [0.25, 0.3) is 0 Å². The average molecular weight is 955 g/mol. The molecule has 0 aliphatic rings. The molecule has 0 rings (SSSR count). The lowest BCUT2D eigenvalue weighted by Gasteiger charge is -2.24. The Morgan fingerprint density at radius 1 is 0.455 bits per heavy atom. The van der Waals surface area contributed by atoms with Crippen molar-refractivity contribution in [3.63, 3.8) is 0 Å². The second-order valence-electron chi connectivity index (χ2n) is 20.3. The number of unbranched alkanes of at least 4 members (excludes halogenated alkanes) is 34. The molecule has 0 saturated carbocycles. The number of quaternary nitrogens is 1. The first kappa shape index (κ1) is 64.5. The lowest BCUT2D eigenvalue weighted by Crippen LogP contribution is -2.37. The summed E-state index contributed by atoms with van der Waals surface area (Å²) in [6, 6.07) is 0. The Labute approximate surface area is 409 Å². The summed E-state index contributed by atoms with van der Waals surface area (Å²) in [5.74, 6) is -0.825. The molecule has 66 heavy (non-hydrogen) atoms. The summed E-state index contributed by atoms with van der Waals surface area (Å²) in [5, 5.41) is 0. The van der Waals surface area contributed by atoms with Crippen molar-refractivity contribution in [3.05, 3.63) is 24.3 Å². The van der Waals surface area contributed by atoms with Crippen LogP contribution < -0.4 is 0 Å². The minimum atomic E-state index is -4.39. The third kappa shape index (κ3) is 51.9. The van der Waals surface area contributed by atoms with Gasteiger partial charge in [-0.2, -0.15) is 0 Å². The monoisotopic (exact) mass is 955 g/mol. The van der Waals surface area contributed by atoms with Gasteiger partial charge in [-0.15, -0.1) is 0 Å². The number of nitrogens with zero attached hydrogens (tertiary/aromatic N) is 1. The highest BCUT2D eigenvalue weighted by atomic mass is 31.2. The summed E-state index contributed by atoms with van der Waals surface area (Å²) in [6.45, 7) is 4.44. The van der Waals surface area contributed by atoms with E-state index in [1.54, 1.807) is 0 Å². The molecule has 1 unspecified atom stereocenters. The quantitative estimate of drug-likeness (QED) is 0.0211. The second-order valence-corrected chi connectivity index (χ2v) is 21.8. The second kappa shape index (κ2) is 48.5. The molecule has 10 heteroatoms. The molecule has 0 amide bonds. The van der Waals surface area contributed by atoms with Crippen LogP contribution in [-0.2, 0) is 32.7 Å². The Hall–Kier alpha value is -1.51. The molecule has 2 atom stereocenters. The van der Waals surface area contributed by atoms with Crippen molar-refractivity contribution in [3.8, 4) is 0 Å². The Morgan fingerprint density at radius 2 is 0.788 bits per heavy atom. The molecule has 0 saturated heterocycles. The largest absolute Gasteiger partial charge is 0.472 e. The third-order valence-corrected chi connectivity index (χ3v) is 13.4. The normalized spacial score (nSPS) is 13.5. The van der Waals surface area contributed by atoms with Gasteiger partial charge in [0.2, 0.25) is 0 Å². The van der Waals surface area contributed by atoms with E-state index in [4.69, 9.17) is 18.5 Å². The van der Waals surface area contributed by atoms with Gasteiger partial charge < -0.3 is 18.9 Å². The number of allylic oxidation sites excluding steroid dienone is 4. The molecule has 0 heterocycles. The number of hydrogen-bond acceptors (Lipinski definition) is 7. The van der Waals surface area contributed by atoms with Gasteiger partial charge in [0.1, 0.15) is 19.8 Å². The predicted octanol–water partition coefficient (Wildman–Crippen LogP) is 17.0. The van der Waals surface area contributed by atoms with Crippen molar-refractivity contribution in [2.24, 2.45) is 0 Å². The fourth-order valence-electron chi connectivity index (χ4n) is 8.07. The zero-order valence-corrected chi connectivity index (χ0v) is 45.1. The van der Waals surface area contributed by atoms with Gasteiger partial charge in [-0.3, -0.25) is 18.6 Å². The minimum Gasteiger partial charge on any atom is -0.462 e. The molecule has 1 N–H and O–H groups in total. The zero-order valence-electron chi connectivity index (χ0n) is 44.2. The van der Waals surface area contributed by atoms with Crippen LogP contribution in [0.4, 0.5) is 0 Å². The van der Waals surface area contributed by atoms with Gasteiger partial charge in [0, 0.05) is 12.8 Å². The van der Waals surface area contributed by atoms with E-state index >= 15 is 0 Å². The number of hydrogen-bond donors (Lipinski definition) is 1. The molecule has 0 bridgehead atoms. The van der Waals surface area contributed by atoms with E-state index in [2.05, 4.69) is 38.2 Å². The first-order chi connectivity index (χ1) is 32.0. The van der Waals surface area contributed by atoms with E-state index in [0.717, 1.165) is 32.1 Å². The van der Waals surface area contributed by atoms with E-state index in [1.807, 2.05) is 21.1 Å². The number of esters is 2. The summed E-state index contributed by atoms with van der Waals surface area (Å²) in [5.41, 5.74) is 0. The Kier molecular flexibility index (Phi) is 47.4. The molecule has 0 spiro atoms. The van der Waals surface area contributed by atoms with E-state index in [0.29, 0.717) is 23.9 Å². The highest BCUT2D eigenvalue weighted by molar-refractivity contribution is 7.47. The van der Waals surface area contributed by atoms with Gasteiger partial charge in [0.05, 0.1) is 27.7 Å². The van der Waals surface area contributed by atoms with E-state index < -0.39 is 32.5 Å². The molecule has 0 aromatic rings. The number of carbonyl (C=O) groups excluding carboxylic acids is 2. The standard InChI is InChI=1S/C56H108NO8P/c1-6-8-10-12-14-16-18-20-22-24-26-27-28-29-31-32-34-36-38-40-42-44-46-48-55(58)62-52-54(53-64-66(60,61)63-51-50-57(3,4)5)65-56(59)49-47-45-43-41-39-37-35-33-30-25-23-21-19-17-15-13-11-9-7-2/h21,23,40,42,54H,6-20,22,24-39,41,43-53H2,1-5H3/p+1/b23-21+,42-40+/t54-/m1/s1. The summed E-state index contributed by atoms with van der Waals surface area (Å²) in [6.07, 6.45) is 56.8. The van der Waals surface area contributed by atoms with Crippen molar-refractivity contribution in [1.29, 1.82) is 0 Å². The van der Waals surface area contributed by atoms with Gasteiger partial charge >= 0.3 is 19.8 Å². The zero-order chi connectivity index (χ0) is 48.5. The Balaban J connectivity index is 4.19. The van der Waals surface area contributed by atoms with Crippen LogP contribution in [0.15, 0.2) is 24.3 Å². The lowest BCUT2D eigenvalue weighted by atomic mass is 10.0. The predicted molar refractivity (Wildman–Crippen MR) is 280 cm³/mol. The van der Waals surface area contributed by atoms with Crippen molar-refractivity contribution in [1.82, 2.24) is 0 Å². The maximum atomic E-state index is 12.8. The first-order valence-electron chi connectivity index (χ1n) is 28.1. The topological polar surface area (TPSA) is 108 Å². The molecular weight excluding hydrogens is 846 g/mol. The maximum Gasteiger partial charge on any atom is 0.472 e. The number of carbonyl (C=O) groups is 2. The number of likely N-dealkylation sites (N-methyl/N-ethyl adjacent to an activating group) is 1. The molecule has 390 valence electrons. The van der Waals surface area contributed by atoms with Crippen LogP contribution in [0.1, 0.15) is 271 Å².